The molecule has 2 aromatic rings. The van der Waals surface area contributed by atoms with Crippen LogP contribution in [-0.2, 0) is 10.0 Å². The molecule has 3 nitrogen and oxygen atoms in total. The third kappa shape index (κ3) is 3.97. The lowest BCUT2D eigenvalue weighted by Gasteiger charge is -2.17. The number of terminal acetylenes is 1. The summed E-state index contributed by atoms with van der Waals surface area (Å²) in [7, 11) is -3.60. The predicted octanol–water partition coefficient (Wildman–Crippen LogP) is 3.35. The van der Waals surface area contributed by atoms with Crippen molar-refractivity contribution in [3.05, 3.63) is 65.2 Å². The number of sulfonamides is 1. The van der Waals surface area contributed by atoms with Gasteiger partial charge in [-0.1, -0.05) is 47.5 Å². The lowest BCUT2D eigenvalue weighted by atomic mass is 10.0. The van der Waals surface area contributed by atoms with Crippen LogP contribution in [0.2, 0.25) is 0 Å². The first-order valence-corrected chi connectivity index (χ1v) is 8.50. The molecule has 0 amide bonds. The van der Waals surface area contributed by atoms with E-state index in [-0.39, 0.29) is 4.90 Å². The van der Waals surface area contributed by atoms with Crippen molar-refractivity contribution in [1.82, 2.24) is 4.72 Å². The van der Waals surface area contributed by atoms with Gasteiger partial charge in [-0.15, -0.1) is 12.3 Å². The molecule has 0 unspecified atom stereocenters. The van der Waals surface area contributed by atoms with Crippen LogP contribution < -0.4 is 4.72 Å². The van der Waals surface area contributed by atoms with Crippen LogP contribution in [0.5, 0.6) is 0 Å². The lowest BCUT2D eigenvalue weighted by molar-refractivity contribution is 0.559. The Hall–Kier alpha value is -2.09. The summed E-state index contributed by atoms with van der Waals surface area (Å²) >= 11 is 0. The second-order valence-electron chi connectivity index (χ2n) is 5.31. The molecule has 1 atom stereocenters. The number of aryl methyl sites for hydroxylation is 2. The normalized spacial score (nSPS) is 12.6. The minimum atomic E-state index is -3.60. The Balaban J connectivity index is 2.29. The van der Waals surface area contributed by atoms with E-state index in [1.807, 2.05) is 38.1 Å². The third-order valence-electron chi connectivity index (χ3n) is 3.43. The molecule has 0 saturated heterocycles. The molecule has 22 heavy (non-hydrogen) atoms. The Kier molecular flexibility index (Phi) is 5.02. The van der Waals surface area contributed by atoms with E-state index >= 15 is 0 Å². The maximum Gasteiger partial charge on any atom is 0.241 e. The van der Waals surface area contributed by atoms with Crippen molar-refractivity contribution in [2.75, 3.05) is 0 Å². The van der Waals surface area contributed by atoms with E-state index in [1.54, 1.807) is 24.3 Å². The van der Waals surface area contributed by atoms with Gasteiger partial charge in [-0.3, -0.25) is 0 Å². The van der Waals surface area contributed by atoms with Crippen molar-refractivity contribution in [2.24, 2.45) is 0 Å². The van der Waals surface area contributed by atoms with E-state index in [0.29, 0.717) is 6.42 Å². The molecule has 0 bridgehead atoms. The van der Waals surface area contributed by atoms with Crippen LogP contribution in [0.1, 0.15) is 29.2 Å². The zero-order chi connectivity index (χ0) is 16.2. The fourth-order valence-electron chi connectivity index (χ4n) is 2.12. The van der Waals surface area contributed by atoms with Crippen LogP contribution in [0.3, 0.4) is 0 Å². The molecule has 0 fully saturated rings. The number of rotatable bonds is 5. The van der Waals surface area contributed by atoms with Crippen molar-refractivity contribution >= 4 is 10.0 Å². The zero-order valence-electron chi connectivity index (χ0n) is 12.7. The molecule has 0 aromatic heterocycles. The summed E-state index contributed by atoms with van der Waals surface area (Å²) in [6.45, 7) is 3.90. The van der Waals surface area contributed by atoms with Gasteiger partial charge in [0.25, 0.3) is 0 Å². The largest absolute Gasteiger partial charge is 0.241 e. The Morgan fingerprint density at radius 3 is 2.00 bits per heavy atom. The second-order valence-corrected chi connectivity index (χ2v) is 7.02. The first-order valence-electron chi connectivity index (χ1n) is 7.01. The molecule has 2 aromatic carbocycles. The first kappa shape index (κ1) is 16.3. The standard InChI is InChI=1S/C18H19NO2S/c1-4-5-18(16-10-6-14(2)7-11-16)19-22(20,21)17-12-8-15(3)9-13-17/h1,6-13,18-19H,5H2,2-3H3/t18-/m0/s1. The Morgan fingerprint density at radius 2 is 1.50 bits per heavy atom. The first-order chi connectivity index (χ1) is 10.4. The summed E-state index contributed by atoms with van der Waals surface area (Å²) in [6.07, 6.45) is 5.69. The fraction of sp³-hybridized carbons (Fsp3) is 0.222. The highest BCUT2D eigenvalue weighted by Gasteiger charge is 2.20. The summed E-state index contributed by atoms with van der Waals surface area (Å²) < 4.78 is 27.7. The van der Waals surface area contributed by atoms with Crippen LogP contribution in [-0.4, -0.2) is 8.42 Å². The number of benzene rings is 2. The summed E-state index contributed by atoms with van der Waals surface area (Å²) in [4.78, 5) is 0.243. The smallest absolute Gasteiger partial charge is 0.207 e. The minimum Gasteiger partial charge on any atom is -0.207 e. The maximum absolute atomic E-state index is 12.5. The van der Waals surface area contributed by atoms with Crippen LogP contribution in [0.15, 0.2) is 53.4 Å². The van der Waals surface area contributed by atoms with Gasteiger partial charge in [0.15, 0.2) is 0 Å². The molecule has 4 heteroatoms. The SMILES string of the molecule is C#CC[C@H](NS(=O)(=O)c1ccc(C)cc1)c1ccc(C)cc1. The molecule has 0 spiro atoms. The Morgan fingerprint density at radius 1 is 1.00 bits per heavy atom. The Bertz CT molecular complexity index is 769. The van der Waals surface area contributed by atoms with Gasteiger partial charge in [0.05, 0.1) is 10.9 Å². The highest BCUT2D eigenvalue weighted by Crippen LogP contribution is 2.21. The molecular formula is C18H19NO2S. The van der Waals surface area contributed by atoms with E-state index < -0.39 is 16.1 Å². The average molecular weight is 313 g/mol. The third-order valence-corrected chi connectivity index (χ3v) is 4.92. The van der Waals surface area contributed by atoms with E-state index in [9.17, 15) is 8.42 Å². The minimum absolute atomic E-state index is 0.243. The molecular weight excluding hydrogens is 294 g/mol. The van der Waals surface area contributed by atoms with Crippen molar-refractivity contribution in [1.29, 1.82) is 0 Å². The van der Waals surface area contributed by atoms with E-state index in [2.05, 4.69) is 10.6 Å². The lowest BCUT2D eigenvalue weighted by Crippen LogP contribution is -2.28. The predicted molar refractivity (Wildman–Crippen MR) is 88.9 cm³/mol. The highest BCUT2D eigenvalue weighted by molar-refractivity contribution is 7.89. The van der Waals surface area contributed by atoms with Crippen LogP contribution in [0, 0.1) is 26.2 Å². The summed E-state index contributed by atoms with van der Waals surface area (Å²) in [5, 5.41) is 0. The van der Waals surface area contributed by atoms with Gasteiger partial charge in [-0.05, 0) is 31.5 Å². The van der Waals surface area contributed by atoms with E-state index in [4.69, 9.17) is 6.42 Å². The molecule has 0 radical (unpaired) electrons. The molecule has 0 aliphatic rings. The number of nitrogens with one attached hydrogen (secondary N) is 1. The van der Waals surface area contributed by atoms with Gasteiger partial charge in [0.2, 0.25) is 10.0 Å². The Labute approximate surface area is 132 Å². The van der Waals surface area contributed by atoms with Crippen LogP contribution in [0.4, 0.5) is 0 Å². The summed E-state index contributed by atoms with van der Waals surface area (Å²) in [5.41, 5.74) is 2.99. The van der Waals surface area contributed by atoms with Gasteiger partial charge in [-0.25, -0.2) is 13.1 Å². The number of hydrogen-bond acceptors (Lipinski definition) is 2. The summed E-state index contributed by atoms with van der Waals surface area (Å²) in [6, 6.07) is 14.0. The van der Waals surface area contributed by atoms with Crippen LogP contribution in [0.25, 0.3) is 0 Å². The molecule has 1 N–H and O–H groups in total. The van der Waals surface area contributed by atoms with Gasteiger partial charge in [-0.2, -0.15) is 0 Å². The molecule has 114 valence electrons. The second kappa shape index (κ2) is 6.78. The van der Waals surface area contributed by atoms with Gasteiger partial charge in [0.1, 0.15) is 0 Å². The van der Waals surface area contributed by atoms with Gasteiger partial charge < -0.3 is 0 Å². The molecule has 2 rings (SSSR count). The highest BCUT2D eigenvalue weighted by atomic mass is 32.2. The van der Waals surface area contributed by atoms with Crippen molar-refractivity contribution in [3.8, 4) is 12.3 Å². The quantitative estimate of drug-likeness (QED) is 0.861. The molecule has 0 saturated carbocycles. The topological polar surface area (TPSA) is 46.2 Å². The molecule has 0 heterocycles. The van der Waals surface area contributed by atoms with Crippen molar-refractivity contribution in [3.63, 3.8) is 0 Å². The maximum atomic E-state index is 12.5. The average Bonchev–Trinajstić information content (AvgIpc) is 2.48. The fourth-order valence-corrected chi connectivity index (χ4v) is 3.34. The number of hydrogen-bond donors (Lipinski definition) is 1. The zero-order valence-corrected chi connectivity index (χ0v) is 13.5. The van der Waals surface area contributed by atoms with Crippen molar-refractivity contribution in [2.45, 2.75) is 31.2 Å². The van der Waals surface area contributed by atoms with E-state index in [0.717, 1.165) is 16.7 Å². The monoisotopic (exact) mass is 313 g/mol. The van der Waals surface area contributed by atoms with Crippen LogP contribution >= 0.6 is 0 Å². The van der Waals surface area contributed by atoms with Gasteiger partial charge in [0, 0.05) is 6.42 Å². The summed E-state index contributed by atoms with van der Waals surface area (Å²) in [5.74, 6) is 2.54. The van der Waals surface area contributed by atoms with E-state index in [1.165, 1.54) is 0 Å². The van der Waals surface area contributed by atoms with Crippen molar-refractivity contribution < 1.29 is 8.42 Å². The van der Waals surface area contributed by atoms with Gasteiger partial charge >= 0.3 is 0 Å². The molecule has 0 aliphatic carbocycles. The molecule has 0 aliphatic heterocycles.